The highest BCUT2D eigenvalue weighted by Crippen LogP contribution is 2.39. The molecule has 2 heterocycles. The molecule has 0 radical (unpaired) electrons. The maximum absolute atomic E-state index is 12.6. The van der Waals surface area contributed by atoms with Gasteiger partial charge in [0.05, 0.1) is 35.8 Å². The normalized spacial score (nSPS) is 17.3. The van der Waals surface area contributed by atoms with E-state index in [-0.39, 0.29) is 36.2 Å². The van der Waals surface area contributed by atoms with Crippen LogP contribution in [0.5, 0.6) is 0 Å². The van der Waals surface area contributed by atoms with Crippen molar-refractivity contribution >= 4 is 46.6 Å². The molecule has 1 aromatic heterocycles. The Balaban J connectivity index is 1.14. The van der Waals surface area contributed by atoms with Crippen LogP contribution < -0.4 is 16.4 Å². The van der Waals surface area contributed by atoms with E-state index in [0.717, 1.165) is 23.1 Å². The third-order valence-electron chi connectivity index (χ3n) is 8.03. The number of ether oxygens (including phenoxy) is 2. The molecule has 11 nitrogen and oxygen atoms in total. The lowest BCUT2D eigenvalue weighted by atomic mass is 10.0. The fourth-order valence-electron chi connectivity index (χ4n) is 5.38. The molecule has 3 aromatic carbocycles. The summed E-state index contributed by atoms with van der Waals surface area (Å²) in [5.74, 6) is -0.795. The van der Waals surface area contributed by atoms with Crippen molar-refractivity contribution < 1.29 is 34.1 Å². The second kappa shape index (κ2) is 17.6. The molecule has 0 saturated carbocycles. The highest BCUT2D eigenvalue weighted by Gasteiger charge is 2.32. The van der Waals surface area contributed by atoms with Crippen LogP contribution in [0.15, 0.2) is 96.2 Å². The Morgan fingerprint density at radius 1 is 0.837 bits per heavy atom. The Bertz CT molecular complexity index is 1720. The van der Waals surface area contributed by atoms with Gasteiger partial charge in [-0.05, 0) is 60.4 Å². The molecule has 0 aliphatic carbocycles. The first-order chi connectivity index (χ1) is 23.8. The van der Waals surface area contributed by atoms with Gasteiger partial charge in [0.1, 0.15) is 5.03 Å². The zero-order valence-corrected chi connectivity index (χ0v) is 27.7. The van der Waals surface area contributed by atoms with Gasteiger partial charge in [0.25, 0.3) is 0 Å². The summed E-state index contributed by atoms with van der Waals surface area (Å²) in [7, 11) is 0. The molecule has 6 N–H and O–H groups in total. The van der Waals surface area contributed by atoms with Gasteiger partial charge in [0, 0.05) is 42.5 Å². The summed E-state index contributed by atoms with van der Waals surface area (Å²) in [6.45, 7) is -0.0557. The fourth-order valence-corrected chi connectivity index (χ4v) is 6.39. The van der Waals surface area contributed by atoms with Crippen LogP contribution in [0.1, 0.15) is 78.0 Å². The number of aromatic carboxylic acids is 1. The number of aliphatic hydroxyl groups excluding tert-OH is 1. The number of hydrogen-bond donors (Lipinski definition) is 5. The number of unbranched alkanes of at least 4 members (excludes halogenated alkanes) is 2. The lowest BCUT2D eigenvalue weighted by molar-refractivity contribution is -0.245. The Morgan fingerprint density at radius 3 is 2.22 bits per heavy atom. The van der Waals surface area contributed by atoms with Crippen molar-refractivity contribution in [1.82, 2.24) is 4.98 Å². The first kappa shape index (κ1) is 35.6. The van der Waals surface area contributed by atoms with E-state index in [4.69, 9.17) is 15.2 Å². The van der Waals surface area contributed by atoms with Crippen LogP contribution in [0.3, 0.4) is 0 Å². The van der Waals surface area contributed by atoms with E-state index in [1.165, 1.54) is 17.8 Å². The second-order valence-electron chi connectivity index (χ2n) is 11.7. The van der Waals surface area contributed by atoms with Gasteiger partial charge in [-0.15, -0.1) is 11.8 Å². The maximum Gasteiger partial charge on any atom is 0.338 e. The smallest absolute Gasteiger partial charge is 0.338 e. The first-order valence-electron chi connectivity index (χ1n) is 16.1. The van der Waals surface area contributed by atoms with Gasteiger partial charge in [-0.25, -0.2) is 9.78 Å². The van der Waals surface area contributed by atoms with Gasteiger partial charge in [0.15, 0.2) is 6.29 Å². The van der Waals surface area contributed by atoms with Gasteiger partial charge in [-0.1, -0.05) is 55.0 Å². The van der Waals surface area contributed by atoms with E-state index in [1.807, 2.05) is 48.5 Å². The summed E-state index contributed by atoms with van der Waals surface area (Å²) in [4.78, 5) is 40.8. The van der Waals surface area contributed by atoms with Crippen molar-refractivity contribution in [3.63, 3.8) is 0 Å². The van der Waals surface area contributed by atoms with Crippen molar-refractivity contribution in [2.24, 2.45) is 0 Å². The number of thioether (sulfide) groups is 1. The molecule has 256 valence electrons. The van der Waals surface area contributed by atoms with Crippen molar-refractivity contribution in [1.29, 1.82) is 0 Å². The molecule has 12 heteroatoms. The number of hydrogen-bond acceptors (Lipinski definition) is 9. The van der Waals surface area contributed by atoms with Crippen LogP contribution in [0, 0.1) is 0 Å². The van der Waals surface area contributed by atoms with Crippen molar-refractivity contribution in [3.05, 3.63) is 113 Å². The molecule has 1 aliphatic rings. The van der Waals surface area contributed by atoms with Crippen LogP contribution in [0.25, 0.3) is 0 Å². The average Bonchev–Trinajstić information content (AvgIpc) is 3.12. The van der Waals surface area contributed by atoms with E-state index < -0.39 is 12.3 Å². The summed E-state index contributed by atoms with van der Waals surface area (Å²) >= 11 is 1.33. The van der Waals surface area contributed by atoms with E-state index in [2.05, 4.69) is 15.6 Å². The largest absolute Gasteiger partial charge is 0.478 e. The molecule has 2 amide bonds. The minimum atomic E-state index is -1.04. The molecule has 0 bridgehead atoms. The summed E-state index contributed by atoms with van der Waals surface area (Å²) in [6, 6.07) is 25.1. The lowest BCUT2D eigenvalue weighted by Gasteiger charge is -2.36. The number of aliphatic hydroxyl groups is 1. The summed E-state index contributed by atoms with van der Waals surface area (Å²) in [5.41, 5.74) is 10.3. The van der Waals surface area contributed by atoms with Gasteiger partial charge in [0.2, 0.25) is 11.8 Å². The van der Waals surface area contributed by atoms with E-state index in [0.29, 0.717) is 59.9 Å². The zero-order chi connectivity index (χ0) is 34.6. The van der Waals surface area contributed by atoms with Crippen LogP contribution in [0.4, 0.5) is 17.1 Å². The SMILES string of the molecule is Nc1ccccc1NC(=O)CCCCCC(=O)Nc1ccc([C@H]2O[C@@H](CSc3ncccc3C(=O)O)C[C@@H](c3ccc(CO)cc3)O2)cc1. The number of anilines is 3. The first-order valence-corrected chi connectivity index (χ1v) is 17.1. The number of nitrogen functional groups attached to an aromatic ring is 1. The Hall–Kier alpha value is -4.75. The number of carbonyl (C=O) groups excluding carboxylic acids is 2. The predicted molar refractivity (Wildman–Crippen MR) is 188 cm³/mol. The number of nitrogens with two attached hydrogens (primary N) is 1. The number of aromatic nitrogens is 1. The van der Waals surface area contributed by atoms with Crippen molar-refractivity contribution in [2.75, 3.05) is 22.1 Å². The highest BCUT2D eigenvalue weighted by molar-refractivity contribution is 7.99. The number of carboxylic acids is 1. The number of carboxylic acid groups (broad SMARTS) is 1. The minimum absolute atomic E-state index is 0.0557. The van der Waals surface area contributed by atoms with Gasteiger partial charge in [-0.3, -0.25) is 9.59 Å². The molecule has 1 saturated heterocycles. The van der Waals surface area contributed by atoms with Crippen LogP contribution in [0.2, 0.25) is 0 Å². The van der Waals surface area contributed by atoms with Crippen LogP contribution in [-0.2, 0) is 25.7 Å². The third kappa shape index (κ3) is 10.4. The number of carbonyl (C=O) groups is 3. The average molecular weight is 685 g/mol. The monoisotopic (exact) mass is 684 g/mol. The van der Waals surface area contributed by atoms with Crippen LogP contribution >= 0.6 is 11.8 Å². The standard InChI is InChI=1S/C37H40N4O7S/c38-30-8-4-5-9-31(30)41-34(44)11-3-1-2-10-33(43)40-27-18-16-26(17-19-27)37-47-28(23-49-35-29(36(45)46)7-6-20-39-35)21-32(48-37)25-14-12-24(22-42)13-15-25/h4-9,12-20,28,32,37,42H,1-3,10-11,21-23,38H2,(H,40,43)(H,41,44)(H,45,46)/t28-,32+,37+/m1/s1. The fraction of sp³-hybridized carbons (Fsp3) is 0.297. The molecule has 1 fully saturated rings. The quantitative estimate of drug-likeness (QED) is 0.0514. The van der Waals surface area contributed by atoms with Gasteiger partial charge >= 0.3 is 5.97 Å². The summed E-state index contributed by atoms with van der Waals surface area (Å²) in [5, 5.41) is 25.2. The number of amides is 2. The predicted octanol–water partition coefficient (Wildman–Crippen LogP) is 6.72. The summed E-state index contributed by atoms with van der Waals surface area (Å²) in [6.07, 6.45) is 3.56. The van der Waals surface area contributed by atoms with E-state index >= 15 is 0 Å². The van der Waals surface area contributed by atoms with Gasteiger partial charge < -0.3 is 36.1 Å². The van der Waals surface area contributed by atoms with Gasteiger partial charge in [-0.2, -0.15) is 0 Å². The summed E-state index contributed by atoms with van der Waals surface area (Å²) < 4.78 is 12.8. The molecular weight excluding hydrogens is 644 g/mol. The van der Waals surface area contributed by atoms with E-state index in [1.54, 1.807) is 36.5 Å². The molecular formula is C37H40N4O7S. The number of benzene rings is 3. The zero-order valence-electron chi connectivity index (χ0n) is 26.9. The van der Waals surface area contributed by atoms with Crippen LogP contribution in [-0.4, -0.2) is 44.8 Å². The highest BCUT2D eigenvalue weighted by atomic mass is 32.2. The number of pyridine rings is 1. The molecule has 4 aromatic rings. The second-order valence-corrected chi connectivity index (χ2v) is 12.7. The Labute approximate surface area is 289 Å². The molecule has 5 rings (SSSR count). The Kier molecular flexibility index (Phi) is 12.8. The molecule has 49 heavy (non-hydrogen) atoms. The minimum Gasteiger partial charge on any atom is -0.478 e. The number of para-hydroxylation sites is 2. The van der Waals surface area contributed by atoms with Crippen molar-refractivity contribution in [2.45, 2.75) is 68.7 Å². The molecule has 3 atom stereocenters. The molecule has 1 aliphatic heterocycles. The molecule has 0 spiro atoms. The number of nitrogens with one attached hydrogen (secondary N) is 2. The third-order valence-corrected chi connectivity index (χ3v) is 9.17. The van der Waals surface area contributed by atoms with E-state index in [9.17, 15) is 24.6 Å². The number of nitrogens with zero attached hydrogens (tertiary/aromatic N) is 1. The van der Waals surface area contributed by atoms with Crippen molar-refractivity contribution in [3.8, 4) is 0 Å². The lowest BCUT2D eigenvalue weighted by Crippen LogP contribution is -2.31. The molecule has 0 unspecified atom stereocenters. The topological polar surface area (TPSA) is 173 Å². The number of rotatable bonds is 15. The Morgan fingerprint density at radius 2 is 1.53 bits per heavy atom. The maximum atomic E-state index is 12.6.